The van der Waals surface area contributed by atoms with Crippen LogP contribution in [0.2, 0.25) is 5.02 Å². The number of rotatable bonds is 4. The third kappa shape index (κ3) is 3.40. The zero-order chi connectivity index (χ0) is 14.9. The average Bonchev–Trinajstić information content (AvgIpc) is 2.73. The Hall–Kier alpha value is -0.470. The van der Waals surface area contributed by atoms with Gasteiger partial charge in [0.1, 0.15) is 10.0 Å². The van der Waals surface area contributed by atoms with Crippen molar-refractivity contribution in [1.82, 2.24) is 4.31 Å². The molecule has 1 aromatic carbocycles. The van der Waals surface area contributed by atoms with Gasteiger partial charge >= 0.3 is 0 Å². The maximum Gasteiger partial charge on any atom is 0.252 e. The predicted molar refractivity (Wildman–Crippen MR) is 82.1 cm³/mol. The summed E-state index contributed by atoms with van der Waals surface area (Å²) >= 11 is 10.1. The van der Waals surface area contributed by atoms with E-state index in [9.17, 15) is 12.8 Å². The van der Waals surface area contributed by atoms with Crippen LogP contribution in [0.15, 0.2) is 38.3 Å². The highest BCUT2D eigenvalue weighted by Gasteiger charge is 2.24. The van der Waals surface area contributed by atoms with Gasteiger partial charge in [0.15, 0.2) is 0 Å². The molecule has 0 aliphatic carbocycles. The molecule has 0 aliphatic heterocycles. The van der Waals surface area contributed by atoms with Crippen molar-refractivity contribution >= 4 is 48.9 Å². The number of hydrogen-bond acceptors (Lipinski definition) is 3. The highest BCUT2D eigenvalue weighted by Crippen LogP contribution is 2.35. The number of nitrogens with zero attached hydrogens (tertiary/aromatic N) is 1. The van der Waals surface area contributed by atoms with Gasteiger partial charge in [-0.2, -0.15) is 4.31 Å². The molecule has 8 heteroatoms. The largest absolute Gasteiger partial charge is 0.252 e. The Balaban J connectivity index is 2.23. The number of halogens is 3. The van der Waals surface area contributed by atoms with Crippen LogP contribution in [0.4, 0.5) is 4.39 Å². The number of benzene rings is 1. The van der Waals surface area contributed by atoms with Crippen molar-refractivity contribution in [2.24, 2.45) is 0 Å². The van der Waals surface area contributed by atoms with Crippen LogP contribution in [0.25, 0.3) is 0 Å². The van der Waals surface area contributed by atoms with Crippen LogP contribution in [-0.2, 0) is 16.6 Å². The molecule has 20 heavy (non-hydrogen) atoms. The minimum atomic E-state index is -3.61. The molecule has 0 radical (unpaired) electrons. The van der Waals surface area contributed by atoms with Gasteiger partial charge in [0.05, 0.1) is 8.81 Å². The van der Waals surface area contributed by atoms with E-state index in [4.69, 9.17) is 11.6 Å². The van der Waals surface area contributed by atoms with Crippen molar-refractivity contribution in [3.8, 4) is 0 Å². The molecule has 2 rings (SSSR count). The van der Waals surface area contributed by atoms with Gasteiger partial charge < -0.3 is 0 Å². The van der Waals surface area contributed by atoms with Crippen LogP contribution in [0.5, 0.6) is 0 Å². The van der Waals surface area contributed by atoms with E-state index in [-0.39, 0.29) is 16.6 Å². The van der Waals surface area contributed by atoms with Gasteiger partial charge in [-0.25, -0.2) is 12.8 Å². The molecule has 0 fully saturated rings. The summed E-state index contributed by atoms with van der Waals surface area (Å²) in [7, 11) is -2.13. The first-order valence-electron chi connectivity index (χ1n) is 5.46. The van der Waals surface area contributed by atoms with Crippen LogP contribution in [0.3, 0.4) is 0 Å². The van der Waals surface area contributed by atoms with Crippen LogP contribution < -0.4 is 0 Å². The molecule has 108 valence electrons. The zero-order valence-corrected chi connectivity index (χ0v) is 14.3. The second kappa shape index (κ2) is 6.11. The van der Waals surface area contributed by atoms with Gasteiger partial charge in [0.2, 0.25) is 0 Å². The fourth-order valence-electron chi connectivity index (χ4n) is 1.54. The Bertz CT molecular complexity index is 696. The summed E-state index contributed by atoms with van der Waals surface area (Å²) in [5.41, 5.74) is 0.708. The summed E-state index contributed by atoms with van der Waals surface area (Å²) in [6.45, 7) is 0.162. The summed E-state index contributed by atoms with van der Waals surface area (Å²) in [5.74, 6) is -0.353. The van der Waals surface area contributed by atoms with Crippen molar-refractivity contribution in [3.63, 3.8) is 0 Å². The summed E-state index contributed by atoms with van der Waals surface area (Å²) in [6.07, 6.45) is 0. The summed E-state index contributed by atoms with van der Waals surface area (Å²) in [4.78, 5) is 0. The second-order valence-corrected chi connectivity index (χ2v) is 9.12. The summed E-state index contributed by atoms with van der Waals surface area (Å²) < 4.78 is 39.5. The molecule has 0 spiro atoms. The van der Waals surface area contributed by atoms with Gasteiger partial charge in [-0.3, -0.25) is 0 Å². The van der Waals surface area contributed by atoms with E-state index in [2.05, 4.69) is 15.9 Å². The fraction of sp³-hybridized carbons (Fsp3) is 0.167. The molecule has 0 amide bonds. The minimum Gasteiger partial charge on any atom is -0.207 e. The lowest BCUT2D eigenvalue weighted by Gasteiger charge is -2.15. The molecule has 1 aromatic heterocycles. The predicted octanol–water partition coefficient (Wildman–Crippen LogP) is 4.12. The van der Waals surface area contributed by atoms with Gasteiger partial charge in [-0.05, 0) is 39.7 Å². The Morgan fingerprint density at radius 1 is 1.35 bits per heavy atom. The zero-order valence-electron chi connectivity index (χ0n) is 10.3. The van der Waals surface area contributed by atoms with Crippen molar-refractivity contribution < 1.29 is 12.8 Å². The first-order valence-corrected chi connectivity index (χ1v) is 8.89. The van der Waals surface area contributed by atoms with Gasteiger partial charge in [-0.1, -0.05) is 23.7 Å². The maximum atomic E-state index is 12.8. The molecular weight excluding hydrogens is 389 g/mol. The van der Waals surface area contributed by atoms with Crippen LogP contribution in [0, 0.1) is 5.82 Å². The summed E-state index contributed by atoms with van der Waals surface area (Å²) in [6, 6.07) is 7.12. The van der Waals surface area contributed by atoms with Gasteiger partial charge in [-0.15, -0.1) is 11.3 Å². The second-order valence-electron chi connectivity index (χ2n) is 4.07. The SMILES string of the molecule is CN(Cc1ccc(F)cc1)S(=O)(=O)c1cc(Cl)c(Br)s1. The van der Waals surface area contributed by atoms with E-state index in [0.29, 0.717) is 14.4 Å². The maximum absolute atomic E-state index is 12.8. The van der Waals surface area contributed by atoms with Crippen LogP contribution in [0.1, 0.15) is 5.56 Å². The molecule has 0 saturated heterocycles. The molecule has 0 aliphatic rings. The lowest BCUT2D eigenvalue weighted by atomic mass is 10.2. The molecule has 3 nitrogen and oxygen atoms in total. The van der Waals surface area contributed by atoms with Crippen LogP contribution >= 0.6 is 38.9 Å². The topological polar surface area (TPSA) is 37.4 Å². The molecular formula is C12H10BrClFNO2S2. The summed E-state index contributed by atoms with van der Waals surface area (Å²) in [5, 5.41) is 0.365. The minimum absolute atomic E-state index is 0.162. The lowest BCUT2D eigenvalue weighted by Crippen LogP contribution is -2.25. The number of thiophene rings is 1. The van der Waals surface area contributed by atoms with Crippen LogP contribution in [-0.4, -0.2) is 19.8 Å². The molecule has 0 bridgehead atoms. The van der Waals surface area contributed by atoms with Crippen molar-refractivity contribution in [3.05, 3.63) is 50.5 Å². The first kappa shape index (κ1) is 15.9. The fourth-order valence-corrected chi connectivity index (χ4v) is 5.31. The Morgan fingerprint density at radius 3 is 2.45 bits per heavy atom. The average molecular weight is 399 g/mol. The Kier molecular flexibility index (Phi) is 4.86. The third-order valence-electron chi connectivity index (χ3n) is 2.61. The Labute approximate surface area is 134 Å². The van der Waals surface area contributed by atoms with E-state index in [1.54, 1.807) is 12.1 Å². The lowest BCUT2D eigenvalue weighted by molar-refractivity contribution is 0.468. The molecule has 2 aromatic rings. The number of hydrogen-bond donors (Lipinski definition) is 0. The van der Waals surface area contributed by atoms with E-state index < -0.39 is 10.0 Å². The normalized spacial score (nSPS) is 12.1. The molecule has 0 atom stereocenters. The van der Waals surface area contributed by atoms with Gasteiger partial charge in [0.25, 0.3) is 10.0 Å². The van der Waals surface area contributed by atoms with E-state index >= 15 is 0 Å². The smallest absolute Gasteiger partial charge is 0.207 e. The Morgan fingerprint density at radius 2 is 1.95 bits per heavy atom. The monoisotopic (exact) mass is 397 g/mol. The highest BCUT2D eigenvalue weighted by molar-refractivity contribution is 9.11. The van der Waals surface area contributed by atoms with Gasteiger partial charge in [0, 0.05) is 13.6 Å². The highest BCUT2D eigenvalue weighted by atomic mass is 79.9. The number of sulfonamides is 1. The van der Waals surface area contributed by atoms with E-state index in [1.807, 2.05) is 0 Å². The van der Waals surface area contributed by atoms with E-state index in [1.165, 1.54) is 29.6 Å². The van der Waals surface area contributed by atoms with Crippen molar-refractivity contribution in [2.45, 2.75) is 10.8 Å². The van der Waals surface area contributed by atoms with Crippen molar-refractivity contribution in [1.29, 1.82) is 0 Å². The molecule has 0 unspecified atom stereocenters. The van der Waals surface area contributed by atoms with E-state index in [0.717, 1.165) is 11.3 Å². The molecule has 0 saturated carbocycles. The molecule has 1 heterocycles. The van der Waals surface area contributed by atoms with Crippen molar-refractivity contribution in [2.75, 3.05) is 7.05 Å². The first-order chi connectivity index (χ1) is 9.30. The molecule has 0 N–H and O–H groups in total. The quantitative estimate of drug-likeness (QED) is 0.777. The third-order valence-corrected chi connectivity index (χ3v) is 7.33. The standard InChI is InChI=1S/C12H10BrClFNO2S2/c1-16(7-8-2-4-9(15)5-3-8)20(17,18)11-6-10(14)12(13)19-11/h2-6H,7H2,1H3.